The van der Waals surface area contributed by atoms with Crippen LogP contribution in [-0.2, 0) is 0 Å². The Kier molecular flexibility index (Phi) is 5.62. The quantitative estimate of drug-likeness (QED) is 0.612. The summed E-state index contributed by atoms with van der Waals surface area (Å²) in [5.74, 6) is 0.786. The summed E-state index contributed by atoms with van der Waals surface area (Å²) in [5.41, 5.74) is 0.394. The van der Waals surface area contributed by atoms with Gasteiger partial charge in [0, 0.05) is 5.54 Å². The second kappa shape index (κ2) is 5.64. The predicted octanol–water partition coefficient (Wildman–Crippen LogP) is 3.54. The minimum Gasteiger partial charge on any atom is -0.301 e. The van der Waals surface area contributed by atoms with E-state index in [1.54, 1.807) is 0 Å². The van der Waals surface area contributed by atoms with Gasteiger partial charge >= 0.3 is 0 Å². The van der Waals surface area contributed by atoms with Crippen molar-refractivity contribution in [3.05, 3.63) is 0 Å². The molecule has 80 valence electrons. The molecule has 0 aliphatic heterocycles. The molecule has 0 heterocycles. The highest BCUT2D eigenvalue weighted by Crippen LogP contribution is 2.29. The maximum Gasteiger partial charge on any atom is 0.0201 e. The van der Waals surface area contributed by atoms with Gasteiger partial charge in [0.2, 0.25) is 0 Å². The summed E-state index contributed by atoms with van der Waals surface area (Å²) in [5, 5.41) is 0. The smallest absolute Gasteiger partial charge is 0.0201 e. The van der Waals surface area contributed by atoms with E-state index in [9.17, 15) is 0 Å². The first-order valence-electron chi connectivity index (χ1n) is 5.74. The topological polar surface area (TPSA) is 3.24 Å². The van der Waals surface area contributed by atoms with Crippen molar-refractivity contribution >= 4 is 0 Å². The van der Waals surface area contributed by atoms with Crippen LogP contribution in [0.5, 0.6) is 0 Å². The van der Waals surface area contributed by atoms with E-state index in [0.717, 1.165) is 5.92 Å². The molecule has 0 rings (SSSR count). The van der Waals surface area contributed by atoms with Crippen molar-refractivity contribution < 1.29 is 0 Å². The van der Waals surface area contributed by atoms with Crippen molar-refractivity contribution in [2.24, 2.45) is 5.92 Å². The first-order valence-corrected chi connectivity index (χ1v) is 5.74. The van der Waals surface area contributed by atoms with Crippen molar-refractivity contribution in [3.8, 4) is 0 Å². The van der Waals surface area contributed by atoms with E-state index in [1.165, 1.54) is 25.8 Å². The Morgan fingerprint density at radius 1 is 1.23 bits per heavy atom. The van der Waals surface area contributed by atoms with Crippen molar-refractivity contribution in [1.82, 2.24) is 4.90 Å². The highest BCUT2D eigenvalue weighted by Gasteiger charge is 2.31. The van der Waals surface area contributed by atoms with Crippen molar-refractivity contribution in [1.29, 1.82) is 0 Å². The summed E-state index contributed by atoms with van der Waals surface area (Å²) in [4.78, 5) is 2.53. The lowest BCUT2D eigenvalue weighted by molar-refractivity contribution is 0.0726. The average Bonchev–Trinajstić information content (AvgIpc) is 2.15. The highest BCUT2D eigenvalue weighted by atomic mass is 15.2. The third kappa shape index (κ3) is 2.98. The van der Waals surface area contributed by atoms with Crippen LogP contribution in [0.25, 0.3) is 0 Å². The zero-order valence-corrected chi connectivity index (χ0v) is 10.4. The minimum absolute atomic E-state index is 0.394. The average molecular weight is 185 g/mol. The zero-order chi connectivity index (χ0) is 10.5. The van der Waals surface area contributed by atoms with E-state index in [0.29, 0.717) is 5.54 Å². The van der Waals surface area contributed by atoms with E-state index in [4.69, 9.17) is 0 Å². The molecule has 0 aromatic rings. The van der Waals surface area contributed by atoms with Gasteiger partial charge in [-0.1, -0.05) is 34.1 Å². The fraction of sp³-hybridized carbons (Fsp3) is 1.00. The van der Waals surface area contributed by atoms with E-state index < -0.39 is 0 Å². The van der Waals surface area contributed by atoms with Crippen LogP contribution in [0.4, 0.5) is 0 Å². The summed E-state index contributed by atoms with van der Waals surface area (Å²) in [7, 11) is 2.26. The van der Waals surface area contributed by atoms with Gasteiger partial charge in [-0.2, -0.15) is 0 Å². The normalized spacial score (nSPS) is 18.7. The molecule has 0 radical (unpaired) electrons. The Balaban J connectivity index is 4.41. The second-order valence-corrected chi connectivity index (χ2v) is 4.44. The van der Waals surface area contributed by atoms with Crippen LogP contribution >= 0.6 is 0 Å². The molecule has 13 heavy (non-hydrogen) atoms. The fourth-order valence-corrected chi connectivity index (χ4v) is 2.03. The standard InChI is InChI=1S/C12H27N/c1-7-10-13(6)12(5,9-3)11(4)8-2/h11H,7-10H2,1-6H3/t11-,12?/m1/s1. The Hall–Kier alpha value is -0.0400. The van der Waals surface area contributed by atoms with E-state index in [1.807, 2.05) is 0 Å². The molecule has 0 aromatic carbocycles. The predicted molar refractivity (Wildman–Crippen MR) is 61.1 cm³/mol. The fourth-order valence-electron chi connectivity index (χ4n) is 2.03. The van der Waals surface area contributed by atoms with Gasteiger partial charge in [0.1, 0.15) is 0 Å². The van der Waals surface area contributed by atoms with Crippen molar-refractivity contribution in [2.45, 2.75) is 59.4 Å². The molecule has 2 atom stereocenters. The molecule has 1 unspecified atom stereocenters. The molecule has 0 saturated carbocycles. The number of nitrogens with zero attached hydrogens (tertiary/aromatic N) is 1. The molecule has 1 heteroatoms. The summed E-state index contributed by atoms with van der Waals surface area (Å²) in [6.07, 6.45) is 3.78. The molecule has 1 nitrogen and oxygen atoms in total. The van der Waals surface area contributed by atoms with Gasteiger partial charge in [-0.3, -0.25) is 0 Å². The first-order chi connectivity index (χ1) is 6.02. The Morgan fingerprint density at radius 3 is 2.08 bits per heavy atom. The maximum atomic E-state index is 2.53. The van der Waals surface area contributed by atoms with E-state index in [-0.39, 0.29) is 0 Å². The van der Waals surface area contributed by atoms with Gasteiger partial charge in [0.05, 0.1) is 0 Å². The summed E-state index contributed by atoms with van der Waals surface area (Å²) in [6.45, 7) is 12.8. The monoisotopic (exact) mass is 185 g/mol. The van der Waals surface area contributed by atoms with Gasteiger partial charge in [-0.15, -0.1) is 0 Å². The SMILES string of the molecule is CCCN(C)C(C)(CC)[C@H](C)CC. The van der Waals surface area contributed by atoms with Crippen LogP contribution in [-0.4, -0.2) is 24.0 Å². The minimum atomic E-state index is 0.394. The molecule has 0 aromatic heterocycles. The molecular formula is C12H27N. The van der Waals surface area contributed by atoms with Crippen LogP contribution < -0.4 is 0 Å². The molecule has 0 saturated heterocycles. The molecule has 0 aliphatic rings. The van der Waals surface area contributed by atoms with Crippen molar-refractivity contribution in [3.63, 3.8) is 0 Å². The molecule has 0 aliphatic carbocycles. The summed E-state index contributed by atoms with van der Waals surface area (Å²) >= 11 is 0. The lowest BCUT2D eigenvalue weighted by Gasteiger charge is -2.43. The van der Waals surface area contributed by atoms with E-state index >= 15 is 0 Å². The zero-order valence-electron chi connectivity index (χ0n) is 10.4. The maximum absolute atomic E-state index is 2.53. The molecule has 0 spiro atoms. The largest absolute Gasteiger partial charge is 0.301 e. The van der Waals surface area contributed by atoms with Crippen LogP contribution in [0.1, 0.15) is 53.9 Å². The second-order valence-electron chi connectivity index (χ2n) is 4.44. The number of hydrogen-bond acceptors (Lipinski definition) is 1. The van der Waals surface area contributed by atoms with Gasteiger partial charge in [-0.05, 0) is 39.3 Å². The lowest BCUT2D eigenvalue weighted by atomic mass is 9.81. The first kappa shape index (κ1) is 13.0. The Morgan fingerprint density at radius 2 is 1.77 bits per heavy atom. The summed E-state index contributed by atoms with van der Waals surface area (Å²) < 4.78 is 0. The van der Waals surface area contributed by atoms with Gasteiger partial charge in [-0.25, -0.2) is 0 Å². The number of rotatable bonds is 6. The highest BCUT2D eigenvalue weighted by molar-refractivity contribution is 4.87. The van der Waals surface area contributed by atoms with Crippen molar-refractivity contribution in [2.75, 3.05) is 13.6 Å². The van der Waals surface area contributed by atoms with Crippen LogP contribution in [0, 0.1) is 5.92 Å². The lowest BCUT2D eigenvalue weighted by Crippen LogP contribution is -2.48. The molecule has 0 fully saturated rings. The summed E-state index contributed by atoms with van der Waals surface area (Å²) in [6, 6.07) is 0. The molecular weight excluding hydrogens is 158 g/mol. The van der Waals surface area contributed by atoms with Gasteiger partial charge < -0.3 is 4.90 Å². The third-order valence-electron chi connectivity index (χ3n) is 3.82. The van der Waals surface area contributed by atoms with Crippen LogP contribution in [0.2, 0.25) is 0 Å². The van der Waals surface area contributed by atoms with Gasteiger partial charge in [0.15, 0.2) is 0 Å². The van der Waals surface area contributed by atoms with Crippen LogP contribution in [0.15, 0.2) is 0 Å². The number of hydrogen-bond donors (Lipinski definition) is 0. The Labute approximate surface area is 84.5 Å². The molecule has 0 amide bonds. The third-order valence-corrected chi connectivity index (χ3v) is 3.82. The van der Waals surface area contributed by atoms with Crippen LogP contribution in [0.3, 0.4) is 0 Å². The molecule has 0 bridgehead atoms. The van der Waals surface area contributed by atoms with E-state index in [2.05, 4.69) is 46.6 Å². The molecule has 0 N–H and O–H groups in total. The van der Waals surface area contributed by atoms with Gasteiger partial charge in [0.25, 0.3) is 0 Å². The Bertz CT molecular complexity index is 133.